The van der Waals surface area contributed by atoms with Crippen LogP contribution in [0.4, 0.5) is 5.82 Å². The van der Waals surface area contributed by atoms with Crippen molar-refractivity contribution in [3.63, 3.8) is 0 Å². The van der Waals surface area contributed by atoms with Gasteiger partial charge in [0.15, 0.2) is 5.65 Å². The second kappa shape index (κ2) is 4.39. The van der Waals surface area contributed by atoms with Gasteiger partial charge in [0, 0.05) is 32.2 Å². The molecule has 1 saturated heterocycles. The predicted octanol–water partition coefficient (Wildman–Crippen LogP) is -1.01. The molecule has 2 aromatic heterocycles. The van der Waals surface area contributed by atoms with Gasteiger partial charge in [-0.2, -0.15) is 5.10 Å². The fourth-order valence-corrected chi connectivity index (χ4v) is 1.95. The minimum atomic E-state index is -0.274. The molecule has 8 heteroatoms. The van der Waals surface area contributed by atoms with Crippen LogP contribution in [0.25, 0.3) is 5.65 Å². The van der Waals surface area contributed by atoms with E-state index >= 15 is 0 Å². The first-order valence-electron chi connectivity index (χ1n) is 5.85. The number of aromatic amines is 1. The highest BCUT2D eigenvalue weighted by atomic mass is 16.1. The normalized spacial score (nSPS) is 18.3. The van der Waals surface area contributed by atoms with Crippen molar-refractivity contribution in [2.45, 2.75) is 0 Å². The molecule has 0 aromatic carbocycles. The van der Waals surface area contributed by atoms with Crippen LogP contribution in [0, 0.1) is 0 Å². The zero-order chi connectivity index (χ0) is 12.5. The van der Waals surface area contributed by atoms with E-state index in [0.717, 1.165) is 26.2 Å². The Bertz CT molecular complexity index is 596. The summed E-state index contributed by atoms with van der Waals surface area (Å²) in [5.41, 5.74) is 3.52. The van der Waals surface area contributed by atoms with Gasteiger partial charge in [0.1, 0.15) is 12.1 Å². The number of piperazine rings is 1. The quantitative estimate of drug-likeness (QED) is 0.710. The highest BCUT2D eigenvalue weighted by molar-refractivity contribution is 5.47. The Morgan fingerprint density at radius 3 is 2.89 bits per heavy atom. The van der Waals surface area contributed by atoms with Gasteiger partial charge in [0.25, 0.3) is 0 Å². The number of nitrogens with zero attached hydrogens (tertiary/aromatic N) is 5. The second-order valence-corrected chi connectivity index (χ2v) is 4.43. The van der Waals surface area contributed by atoms with E-state index in [-0.39, 0.29) is 5.69 Å². The van der Waals surface area contributed by atoms with E-state index in [2.05, 4.69) is 37.6 Å². The number of rotatable bonds is 2. The molecule has 0 amide bonds. The first-order valence-corrected chi connectivity index (χ1v) is 5.85. The summed E-state index contributed by atoms with van der Waals surface area (Å²) in [7, 11) is 2.11. The molecule has 3 heterocycles. The van der Waals surface area contributed by atoms with Crippen LogP contribution in [-0.4, -0.2) is 62.7 Å². The maximum absolute atomic E-state index is 11.3. The molecule has 18 heavy (non-hydrogen) atoms. The van der Waals surface area contributed by atoms with Crippen LogP contribution in [0.1, 0.15) is 0 Å². The topological polar surface area (TPSA) is 81.6 Å². The monoisotopic (exact) mass is 249 g/mol. The number of anilines is 1. The van der Waals surface area contributed by atoms with Gasteiger partial charge >= 0.3 is 5.69 Å². The lowest BCUT2D eigenvalue weighted by molar-refractivity contribution is 0.178. The van der Waals surface area contributed by atoms with E-state index in [9.17, 15) is 4.79 Å². The molecular weight excluding hydrogens is 234 g/mol. The molecule has 0 unspecified atom stereocenters. The summed E-state index contributed by atoms with van der Waals surface area (Å²) in [6.07, 6.45) is 1.47. The number of aromatic nitrogens is 4. The highest BCUT2D eigenvalue weighted by Crippen LogP contribution is 2.07. The van der Waals surface area contributed by atoms with E-state index in [1.807, 2.05) is 0 Å². The average molecular weight is 249 g/mol. The van der Waals surface area contributed by atoms with Crippen LogP contribution in [-0.2, 0) is 0 Å². The smallest absolute Gasteiger partial charge is 0.304 e. The summed E-state index contributed by atoms with van der Waals surface area (Å²) >= 11 is 0. The van der Waals surface area contributed by atoms with Crippen molar-refractivity contribution in [2.24, 2.45) is 0 Å². The minimum absolute atomic E-state index is 0.274. The van der Waals surface area contributed by atoms with Crippen molar-refractivity contribution in [3.8, 4) is 0 Å². The Hall–Kier alpha value is -1.93. The number of hydrogen-bond donors (Lipinski definition) is 2. The summed E-state index contributed by atoms with van der Waals surface area (Å²) in [4.78, 5) is 17.8. The van der Waals surface area contributed by atoms with Crippen LogP contribution in [0.5, 0.6) is 0 Å². The lowest BCUT2D eigenvalue weighted by Crippen LogP contribution is -2.47. The number of H-pyrrole nitrogens is 1. The van der Waals surface area contributed by atoms with Crippen molar-refractivity contribution in [1.29, 1.82) is 0 Å². The average Bonchev–Trinajstić information content (AvgIpc) is 2.74. The Kier molecular flexibility index (Phi) is 2.73. The maximum atomic E-state index is 11.3. The molecular formula is C10H15N7O. The fraction of sp³-hybridized carbons (Fsp3) is 0.500. The van der Waals surface area contributed by atoms with Gasteiger partial charge in [-0.25, -0.2) is 24.3 Å². The van der Waals surface area contributed by atoms with Crippen molar-refractivity contribution in [2.75, 3.05) is 38.7 Å². The van der Waals surface area contributed by atoms with Gasteiger partial charge in [0.2, 0.25) is 0 Å². The lowest BCUT2D eigenvalue weighted by atomic mass is 10.4. The molecule has 0 spiro atoms. The number of fused-ring (bicyclic) bond motifs is 1. The first kappa shape index (κ1) is 11.2. The number of hydrogen-bond acceptors (Lipinski definition) is 6. The van der Waals surface area contributed by atoms with E-state index in [4.69, 9.17) is 0 Å². The van der Waals surface area contributed by atoms with Crippen LogP contribution >= 0.6 is 0 Å². The zero-order valence-corrected chi connectivity index (χ0v) is 10.1. The lowest BCUT2D eigenvalue weighted by Gasteiger charge is -2.32. The Labute approximate surface area is 103 Å². The summed E-state index contributed by atoms with van der Waals surface area (Å²) in [6.45, 7) is 3.93. The summed E-state index contributed by atoms with van der Waals surface area (Å²) < 4.78 is 1.37. The van der Waals surface area contributed by atoms with Crippen molar-refractivity contribution < 1.29 is 0 Å². The van der Waals surface area contributed by atoms with Gasteiger partial charge in [-0.3, -0.25) is 0 Å². The van der Waals surface area contributed by atoms with E-state index in [1.54, 1.807) is 6.07 Å². The Morgan fingerprint density at radius 2 is 2.11 bits per heavy atom. The van der Waals surface area contributed by atoms with Crippen LogP contribution in [0.2, 0.25) is 0 Å². The van der Waals surface area contributed by atoms with Crippen LogP contribution in [0.15, 0.2) is 17.2 Å². The number of nitrogens with one attached hydrogen (secondary N) is 2. The summed E-state index contributed by atoms with van der Waals surface area (Å²) in [6, 6.07) is 1.75. The minimum Gasteiger partial charge on any atom is -0.304 e. The van der Waals surface area contributed by atoms with Gasteiger partial charge in [-0.15, -0.1) is 0 Å². The SMILES string of the molecule is CN1CCN(Nc2cc3n[nH]c(=O)n3cn2)CC1. The Balaban J connectivity index is 1.76. The molecule has 0 saturated carbocycles. The molecule has 8 nitrogen and oxygen atoms in total. The number of likely N-dealkylation sites (N-methyl/N-ethyl adjacent to an activating group) is 1. The maximum Gasteiger partial charge on any atom is 0.348 e. The van der Waals surface area contributed by atoms with Crippen LogP contribution < -0.4 is 11.1 Å². The fourth-order valence-electron chi connectivity index (χ4n) is 1.95. The number of hydrazine groups is 1. The predicted molar refractivity (Wildman–Crippen MR) is 66.3 cm³/mol. The molecule has 0 atom stereocenters. The molecule has 0 aliphatic carbocycles. The Morgan fingerprint density at radius 1 is 1.33 bits per heavy atom. The molecule has 1 fully saturated rings. The third kappa shape index (κ3) is 2.07. The second-order valence-electron chi connectivity index (χ2n) is 4.43. The zero-order valence-electron chi connectivity index (χ0n) is 10.1. The third-order valence-corrected chi connectivity index (χ3v) is 3.09. The van der Waals surface area contributed by atoms with E-state index in [0.29, 0.717) is 11.5 Å². The molecule has 2 aromatic rings. The molecule has 0 bridgehead atoms. The molecule has 1 aliphatic rings. The largest absolute Gasteiger partial charge is 0.348 e. The van der Waals surface area contributed by atoms with Gasteiger partial charge < -0.3 is 10.3 Å². The molecule has 3 rings (SSSR count). The van der Waals surface area contributed by atoms with E-state index in [1.165, 1.54) is 10.7 Å². The van der Waals surface area contributed by atoms with E-state index < -0.39 is 0 Å². The summed E-state index contributed by atoms with van der Waals surface area (Å²) in [5, 5.41) is 8.40. The first-order chi connectivity index (χ1) is 8.72. The van der Waals surface area contributed by atoms with Crippen molar-refractivity contribution in [1.82, 2.24) is 29.5 Å². The molecule has 96 valence electrons. The molecule has 0 radical (unpaired) electrons. The third-order valence-electron chi connectivity index (χ3n) is 3.09. The van der Waals surface area contributed by atoms with Crippen molar-refractivity contribution in [3.05, 3.63) is 22.9 Å². The standard InChI is InChI=1S/C10H15N7O/c1-15-2-4-16(5-3-15)14-8-6-9-12-13-10(18)17(9)7-11-8/h6-7,14H,2-5H2,1H3,(H,13,18). The highest BCUT2D eigenvalue weighted by Gasteiger charge is 2.14. The van der Waals surface area contributed by atoms with Crippen molar-refractivity contribution >= 4 is 11.5 Å². The van der Waals surface area contributed by atoms with Gasteiger partial charge in [0.05, 0.1) is 0 Å². The van der Waals surface area contributed by atoms with Gasteiger partial charge in [-0.1, -0.05) is 0 Å². The molecule has 1 aliphatic heterocycles. The molecule has 2 N–H and O–H groups in total. The van der Waals surface area contributed by atoms with Crippen LogP contribution in [0.3, 0.4) is 0 Å². The summed E-state index contributed by atoms with van der Waals surface area (Å²) in [5.74, 6) is 0.700. The van der Waals surface area contributed by atoms with Gasteiger partial charge in [-0.05, 0) is 7.05 Å².